The molecule has 1 aromatic carbocycles. The van der Waals surface area contributed by atoms with Crippen LogP contribution in [0.4, 0.5) is 0 Å². The first-order valence-electron chi connectivity index (χ1n) is 10.8. The van der Waals surface area contributed by atoms with Crippen molar-refractivity contribution >= 4 is 29.9 Å². The Hall–Kier alpha value is -0.900. The predicted molar refractivity (Wildman–Crippen MR) is 129 cm³/mol. The lowest BCUT2D eigenvalue weighted by Gasteiger charge is -2.34. The third-order valence-corrected chi connectivity index (χ3v) is 5.27. The Morgan fingerprint density at radius 3 is 2.86 bits per heavy atom. The molecule has 2 unspecified atom stereocenters. The number of halogens is 1. The monoisotopic (exact) mass is 516 g/mol. The second kappa shape index (κ2) is 14.2. The molecule has 29 heavy (non-hydrogen) atoms. The van der Waals surface area contributed by atoms with Crippen LogP contribution in [0.3, 0.4) is 0 Å². The molecule has 0 bridgehead atoms. The summed E-state index contributed by atoms with van der Waals surface area (Å²) < 4.78 is 11.3. The fourth-order valence-electron chi connectivity index (χ4n) is 3.88. The van der Waals surface area contributed by atoms with Gasteiger partial charge in [-0.25, -0.2) is 0 Å². The van der Waals surface area contributed by atoms with Gasteiger partial charge in [-0.1, -0.05) is 30.3 Å². The lowest BCUT2D eigenvalue weighted by atomic mass is 10.0. The van der Waals surface area contributed by atoms with Crippen molar-refractivity contribution in [2.24, 2.45) is 4.99 Å². The molecule has 0 saturated carbocycles. The van der Waals surface area contributed by atoms with Crippen molar-refractivity contribution < 1.29 is 9.47 Å². The van der Waals surface area contributed by atoms with Gasteiger partial charge < -0.3 is 20.1 Å². The molecule has 6 nitrogen and oxygen atoms in total. The van der Waals surface area contributed by atoms with Crippen LogP contribution >= 0.6 is 24.0 Å². The summed E-state index contributed by atoms with van der Waals surface area (Å²) in [7, 11) is 0. The number of likely N-dealkylation sites (tertiary alicyclic amines) is 1. The molecule has 7 heteroatoms. The maximum Gasteiger partial charge on any atom is 0.191 e. The number of hydrogen-bond acceptors (Lipinski definition) is 4. The van der Waals surface area contributed by atoms with E-state index in [1.807, 2.05) is 0 Å². The number of aliphatic imine (C=N–C) groups is 1. The van der Waals surface area contributed by atoms with Gasteiger partial charge in [0.15, 0.2) is 5.96 Å². The van der Waals surface area contributed by atoms with Crippen molar-refractivity contribution in [2.75, 3.05) is 46.0 Å². The predicted octanol–water partition coefficient (Wildman–Crippen LogP) is 3.02. The van der Waals surface area contributed by atoms with E-state index < -0.39 is 0 Å². The van der Waals surface area contributed by atoms with Gasteiger partial charge in [0.2, 0.25) is 0 Å². The van der Waals surface area contributed by atoms with Crippen molar-refractivity contribution in [2.45, 2.75) is 51.3 Å². The average molecular weight is 516 g/mol. The molecule has 2 heterocycles. The van der Waals surface area contributed by atoms with Gasteiger partial charge in [-0.15, -0.1) is 24.0 Å². The van der Waals surface area contributed by atoms with Crippen molar-refractivity contribution in [3.8, 4) is 0 Å². The quantitative estimate of drug-likeness (QED) is 0.229. The molecule has 2 atom stereocenters. The van der Waals surface area contributed by atoms with E-state index in [4.69, 9.17) is 14.5 Å². The first kappa shape index (κ1) is 24.4. The van der Waals surface area contributed by atoms with Gasteiger partial charge in [0.05, 0.1) is 25.9 Å². The zero-order valence-corrected chi connectivity index (χ0v) is 20.0. The Morgan fingerprint density at radius 2 is 2.10 bits per heavy atom. The van der Waals surface area contributed by atoms with E-state index >= 15 is 0 Å². The Morgan fingerprint density at radius 1 is 1.24 bits per heavy atom. The lowest BCUT2D eigenvalue weighted by Crippen LogP contribution is -2.51. The number of guanidine groups is 1. The van der Waals surface area contributed by atoms with Crippen LogP contribution in [0.25, 0.3) is 0 Å². The minimum absolute atomic E-state index is 0. The van der Waals surface area contributed by atoms with Crippen LogP contribution in [0.5, 0.6) is 0 Å². The molecule has 2 fully saturated rings. The van der Waals surface area contributed by atoms with Gasteiger partial charge in [-0.2, -0.15) is 0 Å². The van der Waals surface area contributed by atoms with Gasteiger partial charge in [-0.3, -0.25) is 9.89 Å². The summed E-state index contributed by atoms with van der Waals surface area (Å²) in [5, 5.41) is 6.99. The summed E-state index contributed by atoms with van der Waals surface area (Å²) in [4.78, 5) is 7.22. The maximum absolute atomic E-state index is 5.72. The van der Waals surface area contributed by atoms with Gasteiger partial charge in [0, 0.05) is 32.3 Å². The smallest absolute Gasteiger partial charge is 0.191 e. The summed E-state index contributed by atoms with van der Waals surface area (Å²) in [5.74, 6) is 0.898. The summed E-state index contributed by atoms with van der Waals surface area (Å²) in [6, 6.07) is 11.2. The first-order valence-corrected chi connectivity index (χ1v) is 10.8. The highest BCUT2D eigenvalue weighted by atomic mass is 127. The van der Waals surface area contributed by atoms with E-state index in [-0.39, 0.29) is 30.1 Å². The summed E-state index contributed by atoms with van der Waals surface area (Å²) in [6.07, 6.45) is 4.96. The molecule has 1 aromatic rings. The second-order valence-electron chi connectivity index (χ2n) is 7.67. The fourth-order valence-corrected chi connectivity index (χ4v) is 3.88. The molecular weight excluding hydrogens is 479 g/mol. The number of nitrogens with zero attached hydrogens (tertiary/aromatic N) is 2. The molecule has 2 saturated heterocycles. The molecule has 0 aromatic heterocycles. The van der Waals surface area contributed by atoms with E-state index in [2.05, 4.69) is 52.8 Å². The third-order valence-electron chi connectivity index (χ3n) is 5.27. The van der Waals surface area contributed by atoms with Gasteiger partial charge in [0.1, 0.15) is 0 Å². The van der Waals surface area contributed by atoms with E-state index in [9.17, 15) is 0 Å². The molecule has 2 N–H and O–H groups in total. The van der Waals surface area contributed by atoms with E-state index in [1.54, 1.807) is 0 Å². The Kier molecular flexibility index (Phi) is 11.9. The minimum atomic E-state index is 0. The molecule has 164 valence electrons. The van der Waals surface area contributed by atoms with Crippen molar-refractivity contribution in [1.82, 2.24) is 15.5 Å². The van der Waals surface area contributed by atoms with Crippen LogP contribution in [0.1, 0.15) is 38.2 Å². The zero-order valence-electron chi connectivity index (χ0n) is 17.6. The van der Waals surface area contributed by atoms with E-state index in [0.29, 0.717) is 25.8 Å². The fraction of sp³-hybridized carbons (Fsp3) is 0.682. The Balaban J connectivity index is 0.00000300. The van der Waals surface area contributed by atoms with Crippen LogP contribution in [-0.4, -0.2) is 69.0 Å². The van der Waals surface area contributed by atoms with Gasteiger partial charge in [-0.05, 0) is 44.7 Å². The highest BCUT2D eigenvalue weighted by Gasteiger charge is 2.20. The molecule has 0 radical (unpaired) electrons. The van der Waals surface area contributed by atoms with Crippen molar-refractivity contribution in [3.63, 3.8) is 0 Å². The minimum Gasteiger partial charge on any atom is -0.377 e. The van der Waals surface area contributed by atoms with Crippen molar-refractivity contribution in [1.29, 1.82) is 0 Å². The summed E-state index contributed by atoms with van der Waals surface area (Å²) >= 11 is 0. The molecular formula is C22H37IN4O2. The first-order chi connectivity index (χ1) is 13.8. The van der Waals surface area contributed by atoms with Crippen molar-refractivity contribution in [3.05, 3.63) is 35.9 Å². The topological polar surface area (TPSA) is 58.1 Å². The van der Waals surface area contributed by atoms with Gasteiger partial charge >= 0.3 is 0 Å². The molecule has 0 spiro atoms. The standard InChI is InChI=1S/C22H36N4O2.HI/c1-2-23-22(24-12-15-27-18-21-11-7-14-28-21)25-20-10-6-13-26(17-20)16-19-8-4-3-5-9-19;/h3-5,8-9,20-21H,2,6-7,10-18H2,1H3,(H2,23,24,25);1H. The number of hydrogen-bond donors (Lipinski definition) is 2. The van der Waals surface area contributed by atoms with E-state index in [0.717, 1.165) is 51.6 Å². The zero-order chi connectivity index (χ0) is 19.4. The van der Waals surface area contributed by atoms with Crippen LogP contribution in [0.2, 0.25) is 0 Å². The lowest BCUT2D eigenvalue weighted by molar-refractivity contribution is 0.0200. The molecule has 0 amide bonds. The van der Waals surface area contributed by atoms with Crippen LogP contribution in [0, 0.1) is 0 Å². The number of nitrogens with one attached hydrogen (secondary N) is 2. The Bertz CT molecular complexity index is 581. The van der Waals surface area contributed by atoms with Crippen LogP contribution < -0.4 is 10.6 Å². The highest BCUT2D eigenvalue weighted by molar-refractivity contribution is 14.0. The number of rotatable bonds is 9. The van der Waals surface area contributed by atoms with Crippen LogP contribution in [-0.2, 0) is 16.0 Å². The summed E-state index contributed by atoms with van der Waals surface area (Å²) in [6.45, 7) is 9.08. The second-order valence-corrected chi connectivity index (χ2v) is 7.67. The molecule has 2 aliphatic heterocycles. The molecule has 3 rings (SSSR count). The molecule has 0 aliphatic carbocycles. The normalized spacial score (nSPS) is 22.9. The van der Waals surface area contributed by atoms with E-state index in [1.165, 1.54) is 18.4 Å². The third kappa shape index (κ3) is 9.19. The summed E-state index contributed by atoms with van der Waals surface area (Å²) in [5.41, 5.74) is 1.38. The van der Waals surface area contributed by atoms with Crippen LogP contribution in [0.15, 0.2) is 35.3 Å². The average Bonchev–Trinajstić information content (AvgIpc) is 3.22. The largest absolute Gasteiger partial charge is 0.377 e. The number of piperidine rings is 1. The SMILES string of the molecule is CCNC(=NCCOCC1CCCO1)NC1CCCN(Cc2ccccc2)C1.I. The molecule has 2 aliphatic rings. The Labute approximate surface area is 192 Å². The highest BCUT2D eigenvalue weighted by Crippen LogP contribution is 2.14. The number of benzene rings is 1. The maximum atomic E-state index is 5.72. The van der Waals surface area contributed by atoms with Gasteiger partial charge in [0.25, 0.3) is 0 Å². The number of ether oxygens (including phenoxy) is 2.